The summed E-state index contributed by atoms with van der Waals surface area (Å²) >= 11 is 0. The van der Waals surface area contributed by atoms with Crippen LogP contribution < -0.4 is 10.6 Å². The molecule has 0 saturated heterocycles. The SMILES string of the molecule is CCCNc1nc(Nc2ccc(C#N)cc2)ncc1C#C[C@@H]1CCC2(CC2)C1. The van der Waals surface area contributed by atoms with E-state index in [1.165, 1.54) is 32.1 Å². The summed E-state index contributed by atoms with van der Waals surface area (Å²) in [6.45, 7) is 2.97. The van der Waals surface area contributed by atoms with E-state index in [4.69, 9.17) is 5.26 Å². The van der Waals surface area contributed by atoms with Crippen LogP contribution in [0.5, 0.6) is 0 Å². The summed E-state index contributed by atoms with van der Waals surface area (Å²) in [6, 6.07) is 9.36. The van der Waals surface area contributed by atoms with Gasteiger partial charge in [0.05, 0.1) is 23.4 Å². The van der Waals surface area contributed by atoms with Crippen LogP contribution in [0.2, 0.25) is 0 Å². The first kappa shape index (κ1) is 18.3. The number of hydrogen-bond donors (Lipinski definition) is 2. The molecule has 0 bridgehead atoms. The lowest BCUT2D eigenvalue weighted by Crippen LogP contribution is -2.07. The Hall–Kier alpha value is -3.05. The summed E-state index contributed by atoms with van der Waals surface area (Å²) in [5.41, 5.74) is 2.98. The molecule has 2 aliphatic carbocycles. The van der Waals surface area contributed by atoms with Gasteiger partial charge in [0.15, 0.2) is 0 Å². The highest BCUT2D eigenvalue weighted by Gasteiger charge is 2.47. The van der Waals surface area contributed by atoms with E-state index >= 15 is 0 Å². The third kappa shape index (κ3) is 4.26. The quantitative estimate of drug-likeness (QED) is 0.735. The molecule has 5 nitrogen and oxygen atoms in total. The summed E-state index contributed by atoms with van der Waals surface area (Å²) < 4.78 is 0. The highest BCUT2D eigenvalue weighted by atomic mass is 15.1. The van der Waals surface area contributed by atoms with Gasteiger partial charge < -0.3 is 10.6 Å². The van der Waals surface area contributed by atoms with Gasteiger partial charge in [-0.25, -0.2) is 4.98 Å². The van der Waals surface area contributed by atoms with Crippen LogP contribution in [0.15, 0.2) is 30.5 Å². The average molecular weight is 371 g/mol. The van der Waals surface area contributed by atoms with Crippen LogP contribution in [0.3, 0.4) is 0 Å². The lowest BCUT2D eigenvalue weighted by atomic mass is 10.0. The molecule has 0 unspecified atom stereocenters. The van der Waals surface area contributed by atoms with Gasteiger partial charge in [-0.3, -0.25) is 0 Å². The zero-order valence-electron chi connectivity index (χ0n) is 16.3. The van der Waals surface area contributed by atoms with E-state index in [0.717, 1.165) is 30.0 Å². The molecule has 1 atom stereocenters. The molecule has 2 aliphatic rings. The summed E-state index contributed by atoms with van der Waals surface area (Å²) in [6.07, 6.45) is 9.44. The molecule has 0 amide bonds. The largest absolute Gasteiger partial charge is 0.369 e. The Morgan fingerprint density at radius 1 is 1.21 bits per heavy atom. The van der Waals surface area contributed by atoms with Crippen LogP contribution in [0.4, 0.5) is 17.5 Å². The topological polar surface area (TPSA) is 73.6 Å². The van der Waals surface area contributed by atoms with Gasteiger partial charge in [0.1, 0.15) is 5.82 Å². The van der Waals surface area contributed by atoms with E-state index in [1.54, 1.807) is 18.3 Å². The van der Waals surface area contributed by atoms with Crippen molar-refractivity contribution in [2.24, 2.45) is 11.3 Å². The van der Waals surface area contributed by atoms with Crippen LogP contribution in [0.25, 0.3) is 0 Å². The maximum atomic E-state index is 8.91. The van der Waals surface area contributed by atoms with Crippen LogP contribution in [-0.2, 0) is 0 Å². The fourth-order valence-electron chi connectivity index (χ4n) is 3.81. The molecule has 28 heavy (non-hydrogen) atoms. The first-order valence-electron chi connectivity index (χ1n) is 10.1. The summed E-state index contributed by atoms with van der Waals surface area (Å²) in [5, 5.41) is 15.5. The molecule has 1 spiro atoms. The van der Waals surface area contributed by atoms with E-state index < -0.39 is 0 Å². The molecular formula is C23H25N5. The molecule has 1 heterocycles. The number of rotatable bonds is 5. The van der Waals surface area contributed by atoms with E-state index in [-0.39, 0.29) is 0 Å². The second-order valence-electron chi connectivity index (χ2n) is 7.91. The fourth-order valence-corrected chi connectivity index (χ4v) is 3.81. The number of nitriles is 1. The Morgan fingerprint density at radius 3 is 2.71 bits per heavy atom. The van der Waals surface area contributed by atoms with Crippen molar-refractivity contribution in [3.63, 3.8) is 0 Å². The Morgan fingerprint density at radius 2 is 2.04 bits per heavy atom. The summed E-state index contributed by atoms with van der Waals surface area (Å²) in [5.74, 6) is 8.62. The Balaban J connectivity index is 1.51. The maximum Gasteiger partial charge on any atom is 0.229 e. The molecule has 142 valence electrons. The normalized spacial score (nSPS) is 18.8. The predicted molar refractivity (Wildman–Crippen MR) is 111 cm³/mol. The molecule has 2 saturated carbocycles. The van der Waals surface area contributed by atoms with Gasteiger partial charge in [-0.15, -0.1) is 0 Å². The van der Waals surface area contributed by atoms with Crippen molar-refractivity contribution >= 4 is 17.5 Å². The lowest BCUT2D eigenvalue weighted by Gasteiger charge is -2.10. The minimum absolute atomic E-state index is 0.512. The van der Waals surface area contributed by atoms with Gasteiger partial charge in [-0.2, -0.15) is 10.2 Å². The zero-order valence-corrected chi connectivity index (χ0v) is 16.3. The monoisotopic (exact) mass is 371 g/mol. The molecule has 2 N–H and O–H groups in total. The van der Waals surface area contributed by atoms with E-state index in [9.17, 15) is 0 Å². The molecule has 0 aliphatic heterocycles. The van der Waals surface area contributed by atoms with Crippen molar-refractivity contribution in [3.05, 3.63) is 41.6 Å². The molecule has 4 rings (SSSR count). The lowest BCUT2D eigenvalue weighted by molar-refractivity contribution is 0.521. The molecular weight excluding hydrogens is 346 g/mol. The Bertz CT molecular complexity index is 942. The van der Waals surface area contributed by atoms with Crippen molar-refractivity contribution in [2.75, 3.05) is 17.2 Å². The van der Waals surface area contributed by atoms with Gasteiger partial charge in [-0.05, 0) is 68.2 Å². The van der Waals surface area contributed by atoms with Crippen molar-refractivity contribution in [2.45, 2.75) is 45.4 Å². The molecule has 1 aromatic heterocycles. The number of nitrogens with one attached hydrogen (secondary N) is 2. The van der Waals surface area contributed by atoms with Gasteiger partial charge in [0.25, 0.3) is 0 Å². The Labute approximate surface area is 166 Å². The summed E-state index contributed by atoms with van der Waals surface area (Å²) in [4.78, 5) is 9.08. The first-order chi connectivity index (χ1) is 13.7. The highest BCUT2D eigenvalue weighted by Crippen LogP contribution is 2.59. The number of aromatic nitrogens is 2. The standard InChI is InChI=1S/C23H25N5/c1-2-13-25-21-19(6-3-17-9-10-23(14-17)11-12-23)16-26-22(28-21)27-20-7-4-18(15-24)5-8-20/h4-5,7-8,16-17H,2,9-14H2,1H3,(H2,25,26,27,28)/t17-/m1/s1. The van der Waals surface area contributed by atoms with E-state index in [2.05, 4.69) is 45.4 Å². The van der Waals surface area contributed by atoms with Crippen LogP contribution in [0.1, 0.15) is 56.6 Å². The maximum absolute atomic E-state index is 8.91. The zero-order chi connectivity index (χ0) is 19.4. The van der Waals surface area contributed by atoms with Crippen molar-refractivity contribution in [1.29, 1.82) is 5.26 Å². The number of benzene rings is 1. The first-order valence-corrected chi connectivity index (χ1v) is 10.1. The fraction of sp³-hybridized carbons (Fsp3) is 0.435. The van der Waals surface area contributed by atoms with Crippen molar-refractivity contribution in [3.8, 4) is 17.9 Å². The smallest absolute Gasteiger partial charge is 0.229 e. The summed E-state index contributed by atoms with van der Waals surface area (Å²) in [7, 11) is 0. The van der Waals surface area contributed by atoms with Gasteiger partial charge in [0.2, 0.25) is 5.95 Å². The average Bonchev–Trinajstić information content (AvgIpc) is 3.36. The number of anilines is 3. The molecule has 1 aromatic carbocycles. The third-order valence-corrected chi connectivity index (χ3v) is 5.67. The van der Waals surface area contributed by atoms with Crippen molar-refractivity contribution < 1.29 is 0 Å². The van der Waals surface area contributed by atoms with Crippen molar-refractivity contribution in [1.82, 2.24) is 9.97 Å². The second kappa shape index (κ2) is 7.90. The second-order valence-corrected chi connectivity index (χ2v) is 7.91. The minimum atomic E-state index is 0.512. The van der Waals surface area contributed by atoms with E-state index in [1.807, 2.05) is 12.1 Å². The van der Waals surface area contributed by atoms with Gasteiger partial charge >= 0.3 is 0 Å². The predicted octanol–water partition coefficient (Wildman–Crippen LogP) is 4.85. The molecule has 2 fully saturated rings. The highest BCUT2D eigenvalue weighted by molar-refractivity contribution is 5.60. The minimum Gasteiger partial charge on any atom is -0.369 e. The van der Waals surface area contributed by atoms with E-state index in [0.29, 0.717) is 22.8 Å². The molecule has 5 heteroatoms. The molecule has 0 radical (unpaired) electrons. The number of nitrogens with zero attached hydrogens (tertiary/aromatic N) is 3. The van der Waals surface area contributed by atoms with Crippen LogP contribution >= 0.6 is 0 Å². The molecule has 2 aromatic rings. The Kier molecular flexibility index (Phi) is 5.17. The van der Waals surface area contributed by atoms with Crippen LogP contribution in [-0.4, -0.2) is 16.5 Å². The van der Waals surface area contributed by atoms with Crippen LogP contribution in [0, 0.1) is 34.5 Å². The number of hydrogen-bond acceptors (Lipinski definition) is 5. The van der Waals surface area contributed by atoms with Gasteiger partial charge in [-0.1, -0.05) is 18.8 Å². The van der Waals surface area contributed by atoms with Gasteiger partial charge in [0, 0.05) is 18.2 Å². The third-order valence-electron chi connectivity index (χ3n) is 5.67.